The van der Waals surface area contributed by atoms with Gasteiger partial charge in [-0.3, -0.25) is 4.79 Å². The van der Waals surface area contributed by atoms with Gasteiger partial charge in [0.2, 0.25) is 0 Å². The summed E-state index contributed by atoms with van der Waals surface area (Å²) in [5, 5.41) is -5.01. The Morgan fingerprint density at radius 1 is 0.706 bits per heavy atom. The summed E-state index contributed by atoms with van der Waals surface area (Å²) in [5.41, 5.74) is 4.64. The highest BCUT2D eigenvalue weighted by atomic mass is 32.2. The molecule has 10 heteroatoms. The van der Waals surface area contributed by atoms with Crippen LogP contribution in [0.5, 0.6) is 0 Å². The third-order valence-corrected chi connectivity index (χ3v) is 12.3. The maximum absolute atomic E-state index is 13.0. The largest absolute Gasteiger partial charge is 0.743 e. The van der Waals surface area contributed by atoms with Gasteiger partial charge in [-0.15, -0.1) is 0 Å². The van der Waals surface area contributed by atoms with Crippen molar-refractivity contribution in [3.05, 3.63) is 89.5 Å². The summed E-state index contributed by atoms with van der Waals surface area (Å²) in [5.74, 6) is -0.907. The highest BCUT2D eigenvalue weighted by Crippen LogP contribution is 2.36. The second-order valence-electron chi connectivity index (χ2n) is 16.4. The summed E-state index contributed by atoms with van der Waals surface area (Å²) >= 11 is 0. The average molecular weight is 749 g/mol. The highest BCUT2D eigenvalue weighted by molar-refractivity contribution is 7.97. The van der Waals surface area contributed by atoms with Crippen LogP contribution in [0.15, 0.2) is 87.5 Å². The van der Waals surface area contributed by atoms with E-state index in [0.29, 0.717) is 12.8 Å². The first-order valence-corrected chi connectivity index (χ1v) is 20.3. The molecule has 5 nitrogen and oxygen atoms in total. The molecule has 0 radical (unpaired) electrons. The van der Waals surface area contributed by atoms with Crippen LogP contribution in [-0.2, 0) is 46.8 Å². The molecule has 282 valence electrons. The zero-order valence-corrected chi connectivity index (χ0v) is 33.2. The minimum Gasteiger partial charge on any atom is -0.743 e. The summed E-state index contributed by atoms with van der Waals surface area (Å²) in [6.45, 7) is 19.8. The quantitative estimate of drug-likeness (QED) is 0.124. The van der Waals surface area contributed by atoms with Gasteiger partial charge in [0, 0.05) is 6.42 Å². The fraction of sp³-hybridized carbons (Fsp3) is 0.537. The number of alkyl halides is 3. The minimum atomic E-state index is -6.07. The maximum Gasteiger partial charge on any atom is 0.364 e. The van der Waals surface area contributed by atoms with Crippen molar-refractivity contribution in [1.29, 1.82) is 0 Å². The molecule has 1 atom stereocenters. The van der Waals surface area contributed by atoms with Crippen molar-refractivity contribution < 1.29 is 35.7 Å². The molecule has 4 rings (SSSR count). The monoisotopic (exact) mass is 748 g/mol. The van der Waals surface area contributed by atoms with E-state index in [0.717, 1.165) is 19.3 Å². The summed E-state index contributed by atoms with van der Waals surface area (Å²) in [4.78, 5) is 15.6. The van der Waals surface area contributed by atoms with Crippen molar-refractivity contribution >= 4 is 27.0 Å². The fourth-order valence-corrected chi connectivity index (χ4v) is 8.20. The fourth-order valence-electron chi connectivity index (χ4n) is 5.73. The van der Waals surface area contributed by atoms with E-state index in [1.807, 2.05) is 0 Å². The molecule has 51 heavy (non-hydrogen) atoms. The van der Waals surface area contributed by atoms with Gasteiger partial charge in [0.15, 0.2) is 31.0 Å². The van der Waals surface area contributed by atoms with Gasteiger partial charge in [0.25, 0.3) is 0 Å². The molecule has 1 saturated carbocycles. The number of carbonyl (C=O) groups excluding carboxylic acids is 1. The third-order valence-electron chi connectivity index (χ3n) is 9.12. The summed E-state index contributed by atoms with van der Waals surface area (Å²) in [6.07, 6.45) is -0.178. The highest BCUT2D eigenvalue weighted by Gasteiger charge is 2.47. The van der Waals surface area contributed by atoms with Gasteiger partial charge < -0.3 is 9.29 Å². The van der Waals surface area contributed by atoms with E-state index in [4.69, 9.17) is 0 Å². The molecule has 1 unspecified atom stereocenters. The smallest absolute Gasteiger partial charge is 0.364 e. The van der Waals surface area contributed by atoms with Gasteiger partial charge in [0.1, 0.15) is 0 Å². The van der Waals surface area contributed by atoms with Crippen LogP contribution in [0.3, 0.4) is 0 Å². The van der Waals surface area contributed by atoms with Crippen LogP contribution in [0, 0.1) is 5.92 Å². The number of rotatable bonds is 9. The van der Waals surface area contributed by atoms with Gasteiger partial charge in [-0.2, -0.15) is 8.78 Å². The molecule has 1 aliphatic carbocycles. The molecule has 3 aromatic carbocycles. The van der Waals surface area contributed by atoms with E-state index in [1.165, 1.54) is 31.4 Å². The predicted octanol–water partition coefficient (Wildman–Crippen LogP) is 10.7. The molecule has 0 heterocycles. The first-order chi connectivity index (χ1) is 23.4. The van der Waals surface area contributed by atoms with Crippen LogP contribution in [0.25, 0.3) is 0 Å². The molecule has 0 amide bonds. The van der Waals surface area contributed by atoms with E-state index in [1.54, 1.807) is 0 Å². The lowest BCUT2D eigenvalue weighted by atomic mass is 9.87. The first kappa shape index (κ1) is 42.6. The Balaban J connectivity index is 0.000000304. The van der Waals surface area contributed by atoms with E-state index < -0.39 is 40.5 Å². The third kappa shape index (κ3) is 11.8. The van der Waals surface area contributed by atoms with E-state index >= 15 is 0 Å². The molecule has 0 aliphatic heterocycles. The van der Waals surface area contributed by atoms with Gasteiger partial charge in [-0.1, -0.05) is 118 Å². The molecule has 0 aromatic heterocycles. The van der Waals surface area contributed by atoms with Gasteiger partial charge in [-0.25, -0.2) is 12.8 Å². The number of halogens is 3. The second-order valence-corrected chi connectivity index (χ2v) is 19.9. The van der Waals surface area contributed by atoms with Crippen molar-refractivity contribution in [2.45, 2.75) is 143 Å². The molecule has 1 aliphatic rings. The van der Waals surface area contributed by atoms with Crippen molar-refractivity contribution in [3.63, 3.8) is 0 Å². The van der Waals surface area contributed by atoms with Crippen LogP contribution >= 0.6 is 0 Å². The zero-order chi connectivity index (χ0) is 38.4. The van der Waals surface area contributed by atoms with E-state index in [2.05, 4.69) is 140 Å². The molecular weight excluding hydrogens is 694 g/mol. The topological polar surface area (TPSA) is 83.5 Å². The lowest BCUT2D eigenvalue weighted by Gasteiger charge is -2.24. The standard InChI is InChI=1S/C30H39S.C11H17F3O5S/c1-28(2,3)22-10-16-25(17-11-22)31(26-18-12-23(13-19-26)29(4,5)6)27-20-14-24(15-21-27)30(7,8)9;12-9(11(13,14)20(16,17)18)6-7-19-10(15)8-4-2-1-3-5-8/h10-21H,1-9H3;8-9H,1-7H2,(H,16,17,18)/q+1;/p-1. The van der Waals surface area contributed by atoms with Gasteiger partial charge in [-0.05, 0) is 82.2 Å². The lowest BCUT2D eigenvalue weighted by molar-refractivity contribution is -0.150. The molecular formula is C41H55F3O5S2. The van der Waals surface area contributed by atoms with Gasteiger partial charge in [0.05, 0.1) is 23.4 Å². The van der Waals surface area contributed by atoms with Crippen LogP contribution in [-0.4, -0.2) is 37.0 Å². The Kier molecular flexibility index (Phi) is 14.1. The predicted molar refractivity (Wildman–Crippen MR) is 199 cm³/mol. The van der Waals surface area contributed by atoms with Crippen molar-refractivity contribution in [2.75, 3.05) is 6.61 Å². The average Bonchev–Trinajstić information content (AvgIpc) is 3.04. The Labute approximate surface area is 306 Å². The molecule has 0 bridgehead atoms. The lowest BCUT2D eigenvalue weighted by Crippen LogP contribution is -2.39. The molecule has 1 fully saturated rings. The summed E-state index contributed by atoms with van der Waals surface area (Å²) in [6, 6.07) is 27.8. The Bertz CT molecular complexity index is 1530. The minimum absolute atomic E-state index is 0.120. The van der Waals surface area contributed by atoms with E-state index in [-0.39, 0.29) is 33.1 Å². The normalized spacial score (nSPS) is 15.6. The molecule has 0 saturated heterocycles. The van der Waals surface area contributed by atoms with Crippen molar-refractivity contribution in [3.8, 4) is 0 Å². The van der Waals surface area contributed by atoms with Crippen molar-refractivity contribution in [1.82, 2.24) is 0 Å². The number of hydrogen-bond acceptors (Lipinski definition) is 5. The number of ether oxygens (including phenoxy) is 1. The molecule has 3 aromatic rings. The number of carbonyl (C=O) groups is 1. The SMILES string of the molecule is CC(C)(C)c1ccc([S+](c2ccc(C(C)(C)C)cc2)c2ccc(C(C)(C)C)cc2)cc1.O=C(OCCC(F)C(F)(F)S(=O)(=O)[O-])C1CCCCC1. The summed E-state index contributed by atoms with van der Waals surface area (Å²) in [7, 11) is -6.19. The zero-order valence-electron chi connectivity index (χ0n) is 31.5. The Morgan fingerprint density at radius 2 is 1.04 bits per heavy atom. The summed E-state index contributed by atoms with van der Waals surface area (Å²) < 4.78 is 73.8. The molecule has 0 spiro atoms. The van der Waals surface area contributed by atoms with Crippen LogP contribution in [0.1, 0.15) is 118 Å². The Morgan fingerprint density at radius 3 is 1.33 bits per heavy atom. The van der Waals surface area contributed by atoms with Crippen molar-refractivity contribution in [2.24, 2.45) is 5.92 Å². The number of esters is 1. The van der Waals surface area contributed by atoms with E-state index in [9.17, 15) is 30.9 Å². The molecule has 0 N–H and O–H groups in total. The first-order valence-electron chi connectivity index (χ1n) is 17.6. The number of benzene rings is 3. The van der Waals surface area contributed by atoms with Gasteiger partial charge >= 0.3 is 11.2 Å². The van der Waals surface area contributed by atoms with Crippen LogP contribution < -0.4 is 0 Å². The number of hydrogen-bond donors (Lipinski definition) is 0. The maximum atomic E-state index is 13.0. The van der Waals surface area contributed by atoms with Crippen LogP contribution in [0.4, 0.5) is 13.2 Å². The second kappa shape index (κ2) is 16.9. The van der Waals surface area contributed by atoms with Crippen LogP contribution in [0.2, 0.25) is 0 Å². The Hall–Kier alpha value is -2.82.